The van der Waals surface area contributed by atoms with Crippen molar-refractivity contribution in [2.45, 2.75) is 45.3 Å². The van der Waals surface area contributed by atoms with Gasteiger partial charge in [-0.05, 0) is 69.2 Å². The first-order valence-electron chi connectivity index (χ1n) is 10.8. The van der Waals surface area contributed by atoms with Gasteiger partial charge in [-0.2, -0.15) is 18.4 Å². The minimum absolute atomic E-state index is 0.0431. The van der Waals surface area contributed by atoms with Crippen molar-refractivity contribution in [3.05, 3.63) is 53.3 Å². The zero-order chi connectivity index (χ0) is 26.2. The molecule has 0 atom stereocenters. The highest BCUT2D eigenvalue weighted by Crippen LogP contribution is 2.45. The maximum atomic E-state index is 14.9. The topological polar surface area (TPSA) is 56.6 Å². The molecule has 0 radical (unpaired) electrons. The van der Waals surface area contributed by atoms with E-state index in [9.17, 15) is 22.4 Å². The predicted octanol–water partition coefficient (Wildman–Crippen LogP) is 6.10. The van der Waals surface area contributed by atoms with E-state index in [-0.39, 0.29) is 27.7 Å². The molecule has 0 heterocycles. The first-order valence-corrected chi connectivity index (χ1v) is 11.2. The molecule has 0 saturated heterocycles. The van der Waals surface area contributed by atoms with Crippen LogP contribution in [0, 0.1) is 22.6 Å². The van der Waals surface area contributed by atoms with Gasteiger partial charge in [-0.1, -0.05) is 6.92 Å². The van der Waals surface area contributed by atoms with Gasteiger partial charge in [0.25, 0.3) is 0 Å². The Balaban J connectivity index is 1.96. The van der Waals surface area contributed by atoms with E-state index in [0.717, 1.165) is 25.0 Å². The highest BCUT2D eigenvalue weighted by atomic mass is 32.1. The van der Waals surface area contributed by atoms with Gasteiger partial charge in [0.2, 0.25) is 0 Å². The number of halogens is 4. The Morgan fingerprint density at radius 2 is 1.83 bits per heavy atom. The van der Waals surface area contributed by atoms with Crippen molar-refractivity contribution >= 4 is 35.0 Å². The van der Waals surface area contributed by atoms with Gasteiger partial charge in [0.1, 0.15) is 6.29 Å². The predicted molar refractivity (Wildman–Crippen MR) is 129 cm³/mol. The number of carbonyl (C=O) groups is 1. The molecule has 0 amide bonds. The number of hydrogen-bond acceptors (Lipinski definition) is 4. The van der Waals surface area contributed by atoms with Crippen molar-refractivity contribution in [3.8, 4) is 11.8 Å². The van der Waals surface area contributed by atoms with E-state index < -0.39 is 28.7 Å². The molecule has 3 rings (SSSR count). The molecule has 1 aliphatic carbocycles. The van der Waals surface area contributed by atoms with E-state index in [0.29, 0.717) is 12.9 Å². The Morgan fingerprint density at radius 3 is 2.34 bits per heavy atom. The van der Waals surface area contributed by atoms with Crippen LogP contribution < -0.4 is 14.5 Å². The van der Waals surface area contributed by atoms with Gasteiger partial charge in [0.05, 0.1) is 29.3 Å². The number of hydrogen-bond donors (Lipinski definition) is 0. The van der Waals surface area contributed by atoms with Gasteiger partial charge >= 0.3 is 6.18 Å². The van der Waals surface area contributed by atoms with Crippen LogP contribution in [0.5, 0.6) is 5.75 Å². The molecule has 0 N–H and O–H groups in total. The van der Waals surface area contributed by atoms with Crippen LogP contribution in [0.4, 0.5) is 28.9 Å². The molecule has 0 aromatic heterocycles. The minimum atomic E-state index is -4.75. The quantitative estimate of drug-likeness (QED) is 0.256. The summed E-state index contributed by atoms with van der Waals surface area (Å²) in [5.74, 6) is -0.589. The molecule has 10 heteroatoms. The summed E-state index contributed by atoms with van der Waals surface area (Å²) in [7, 11) is 1.43. The summed E-state index contributed by atoms with van der Waals surface area (Å²) in [6.45, 7) is 5.54. The normalized spacial score (nSPS) is 14.6. The van der Waals surface area contributed by atoms with Gasteiger partial charge in [-0.25, -0.2) is 4.39 Å². The summed E-state index contributed by atoms with van der Waals surface area (Å²) in [6, 6.07) is 8.88. The highest BCUT2D eigenvalue weighted by Gasteiger charge is 2.39. The van der Waals surface area contributed by atoms with Crippen LogP contribution in [0.3, 0.4) is 0 Å². The molecule has 1 fully saturated rings. The van der Waals surface area contributed by atoms with Gasteiger partial charge in [-0.15, -0.1) is 0 Å². The highest BCUT2D eigenvalue weighted by molar-refractivity contribution is 7.80. The molecule has 186 valence electrons. The number of nitrogens with zero attached hydrogens (tertiary/aromatic N) is 3. The number of alkyl halides is 3. The van der Waals surface area contributed by atoms with Crippen LogP contribution in [0.15, 0.2) is 36.4 Å². The molecule has 5 nitrogen and oxygen atoms in total. The average Bonchev–Trinajstić information content (AvgIpc) is 3.54. The Morgan fingerprint density at radius 1 is 1.20 bits per heavy atom. The molecule has 1 aliphatic rings. The van der Waals surface area contributed by atoms with Crippen LogP contribution in [0.2, 0.25) is 0 Å². The molecule has 2 aromatic carbocycles. The number of benzene rings is 2. The number of ether oxygens (including phenoxy) is 1. The van der Waals surface area contributed by atoms with Crippen molar-refractivity contribution in [1.29, 1.82) is 5.26 Å². The second kappa shape index (κ2) is 9.46. The van der Waals surface area contributed by atoms with Crippen LogP contribution in [-0.2, 0) is 11.0 Å². The number of rotatable bonds is 7. The standard InChI is InChI=1S/C25H25F4N3O2S/c1-23(2,14-33)32(18-7-8-21(20(26)12-18)34-15-24(3)9-10-24)22(35)31(4)17-6-5-16(13-30)19(11-17)25(27,28)29/h5-8,11-12,14H,9-10,15H2,1-4H3. The van der Waals surface area contributed by atoms with Crippen LogP contribution >= 0.6 is 12.2 Å². The first kappa shape index (κ1) is 26.4. The summed E-state index contributed by atoms with van der Waals surface area (Å²) in [5, 5.41) is 9.01. The summed E-state index contributed by atoms with van der Waals surface area (Å²) in [5.41, 5.74) is -2.57. The SMILES string of the molecule is CN(C(=S)N(c1ccc(OCC2(C)CC2)c(F)c1)C(C)(C)C=O)c1ccc(C#N)c(C(F)(F)F)c1. The lowest BCUT2D eigenvalue weighted by molar-refractivity contribution is -0.137. The number of thiocarbonyl (C=S) groups is 1. The van der Waals surface area contributed by atoms with Crippen molar-refractivity contribution in [2.24, 2.45) is 5.41 Å². The zero-order valence-corrected chi connectivity index (χ0v) is 20.6. The average molecular weight is 508 g/mol. The Hall–Kier alpha value is -3.19. The van der Waals surface area contributed by atoms with E-state index in [4.69, 9.17) is 22.2 Å². The third kappa shape index (κ3) is 5.73. The van der Waals surface area contributed by atoms with Crippen molar-refractivity contribution < 1.29 is 27.1 Å². The largest absolute Gasteiger partial charge is 0.490 e. The Labute approximate surface area is 206 Å². The van der Waals surface area contributed by atoms with Crippen LogP contribution in [0.25, 0.3) is 0 Å². The van der Waals surface area contributed by atoms with E-state index >= 15 is 0 Å². The summed E-state index contributed by atoms with van der Waals surface area (Å²) in [6.07, 6.45) is -2.11. The lowest BCUT2D eigenvalue weighted by atomic mass is 10.0. The molecule has 0 spiro atoms. The van der Waals surface area contributed by atoms with E-state index in [1.54, 1.807) is 19.9 Å². The third-order valence-corrected chi connectivity index (χ3v) is 6.47. The third-order valence-electron chi connectivity index (χ3n) is 6.01. The Bertz CT molecular complexity index is 1190. The second-order valence-electron chi connectivity index (χ2n) is 9.50. The second-order valence-corrected chi connectivity index (χ2v) is 9.87. The minimum Gasteiger partial charge on any atom is -0.490 e. The van der Waals surface area contributed by atoms with Crippen LogP contribution in [-0.4, -0.2) is 30.6 Å². The molecule has 0 aliphatic heterocycles. The lowest BCUT2D eigenvalue weighted by Crippen LogP contribution is -2.54. The molecular formula is C25H25F4N3O2S. The number of nitriles is 1. The first-order chi connectivity index (χ1) is 16.2. The van der Waals surface area contributed by atoms with Gasteiger partial charge in [0.15, 0.2) is 16.7 Å². The van der Waals surface area contributed by atoms with Crippen molar-refractivity contribution in [2.75, 3.05) is 23.5 Å². The summed E-state index contributed by atoms with van der Waals surface area (Å²) in [4.78, 5) is 14.6. The van der Waals surface area contributed by atoms with E-state index in [1.165, 1.54) is 41.1 Å². The van der Waals surface area contributed by atoms with E-state index in [2.05, 4.69) is 6.92 Å². The van der Waals surface area contributed by atoms with E-state index in [1.807, 2.05) is 0 Å². The molecule has 35 heavy (non-hydrogen) atoms. The Kier molecular flexibility index (Phi) is 7.14. The fourth-order valence-corrected chi connectivity index (χ4v) is 3.88. The maximum Gasteiger partial charge on any atom is 0.417 e. The van der Waals surface area contributed by atoms with Crippen molar-refractivity contribution in [1.82, 2.24) is 0 Å². The summed E-state index contributed by atoms with van der Waals surface area (Å²) >= 11 is 5.55. The van der Waals surface area contributed by atoms with Gasteiger partial charge in [0, 0.05) is 29.9 Å². The van der Waals surface area contributed by atoms with Gasteiger partial charge < -0.3 is 19.3 Å². The molecule has 0 unspecified atom stereocenters. The molecular weight excluding hydrogens is 482 g/mol. The maximum absolute atomic E-state index is 14.9. The smallest absolute Gasteiger partial charge is 0.417 e. The molecule has 1 saturated carbocycles. The summed E-state index contributed by atoms with van der Waals surface area (Å²) < 4.78 is 60.9. The zero-order valence-electron chi connectivity index (χ0n) is 19.7. The number of carbonyl (C=O) groups excluding carboxylic acids is 1. The fraction of sp³-hybridized carbons (Fsp3) is 0.400. The monoisotopic (exact) mass is 507 g/mol. The van der Waals surface area contributed by atoms with Crippen LogP contribution in [0.1, 0.15) is 44.7 Å². The van der Waals surface area contributed by atoms with Gasteiger partial charge in [-0.3, -0.25) is 0 Å². The lowest BCUT2D eigenvalue weighted by Gasteiger charge is -2.39. The van der Waals surface area contributed by atoms with Crippen molar-refractivity contribution in [3.63, 3.8) is 0 Å². The molecule has 0 bridgehead atoms. The number of anilines is 2. The molecule has 2 aromatic rings. The number of aldehydes is 1. The fourth-order valence-electron chi connectivity index (χ4n) is 3.43.